The number of esters is 1. The van der Waals surface area contributed by atoms with E-state index >= 15 is 0 Å². The zero-order valence-corrected chi connectivity index (χ0v) is 13.1. The molecule has 2 aromatic rings. The van der Waals surface area contributed by atoms with Crippen molar-refractivity contribution >= 4 is 27.6 Å². The summed E-state index contributed by atoms with van der Waals surface area (Å²) in [5.41, 5.74) is 7.23. The highest BCUT2D eigenvalue weighted by Crippen LogP contribution is 2.20. The normalized spacial score (nSPS) is 10.2. The van der Waals surface area contributed by atoms with Crippen molar-refractivity contribution in [2.45, 2.75) is 13.5 Å². The van der Waals surface area contributed by atoms with E-state index in [1.165, 1.54) is 12.3 Å². The minimum Gasteiger partial charge on any atom is -0.472 e. The van der Waals surface area contributed by atoms with Crippen LogP contribution in [0.15, 0.2) is 41.0 Å². The first-order valence-corrected chi connectivity index (χ1v) is 7.19. The number of anilines is 1. The number of carbonyl (C=O) groups excluding carboxylic acids is 1. The van der Waals surface area contributed by atoms with Crippen molar-refractivity contribution in [1.82, 2.24) is 4.98 Å². The zero-order valence-electron chi connectivity index (χ0n) is 11.5. The Morgan fingerprint density at radius 1 is 1.33 bits per heavy atom. The van der Waals surface area contributed by atoms with Gasteiger partial charge in [0.05, 0.1) is 18.5 Å². The molecule has 1 aromatic heterocycles. The molecular weight excluding hydrogens is 336 g/mol. The fourth-order valence-electron chi connectivity index (χ4n) is 1.67. The SMILES string of the molecule is CCOC(=O)c1cc(N)cnc1OCc1ccc(Br)cc1. The molecule has 0 aliphatic heterocycles. The lowest BCUT2D eigenvalue weighted by molar-refractivity contribution is 0.0520. The molecule has 0 atom stereocenters. The van der Waals surface area contributed by atoms with Gasteiger partial charge in [-0.25, -0.2) is 9.78 Å². The van der Waals surface area contributed by atoms with E-state index < -0.39 is 5.97 Å². The summed E-state index contributed by atoms with van der Waals surface area (Å²) in [6.45, 7) is 2.32. The molecule has 0 saturated heterocycles. The van der Waals surface area contributed by atoms with E-state index in [1.807, 2.05) is 24.3 Å². The van der Waals surface area contributed by atoms with Crippen molar-refractivity contribution in [2.75, 3.05) is 12.3 Å². The van der Waals surface area contributed by atoms with Crippen LogP contribution in [0.5, 0.6) is 5.88 Å². The van der Waals surface area contributed by atoms with Gasteiger partial charge in [-0.3, -0.25) is 0 Å². The number of ether oxygens (including phenoxy) is 2. The van der Waals surface area contributed by atoms with Crippen LogP contribution in [0.25, 0.3) is 0 Å². The summed E-state index contributed by atoms with van der Waals surface area (Å²) < 4.78 is 11.6. The molecular formula is C15H15BrN2O3. The summed E-state index contributed by atoms with van der Waals surface area (Å²) in [7, 11) is 0. The lowest BCUT2D eigenvalue weighted by atomic mass is 10.2. The molecule has 0 aliphatic carbocycles. The summed E-state index contributed by atoms with van der Waals surface area (Å²) in [4.78, 5) is 15.9. The molecule has 0 unspecified atom stereocenters. The lowest BCUT2D eigenvalue weighted by Gasteiger charge is -2.10. The quantitative estimate of drug-likeness (QED) is 0.838. The van der Waals surface area contributed by atoms with Crippen molar-refractivity contribution < 1.29 is 14.3 Å². The highest BCUT2D eigenvalue weighted by Gasteiger charge is 2.16. The van der Waals surface area contributed by atoms with Crippen LogP contribution in [0.1, 0.15) is 22.8 Å². The number of hydrogen-bond donors (Lipinski definition) is 1. The zero-order chi connectivity index (χ0) is 15.2. The minimum absolute atomic E-state index is 0.213. The molecule has 1 heterocycles. The number of nitrogens with zero attached hydrogens (tertiary/aromatic N) is 1. The molecule has 0 aliphatic rings. The van der Waals surface area contributed by atoms with Crippen LogP contribution in [-0.4, -0.2) is 17.6 Å². The first kappa shape index (κ1) is 15.3. The standard InChI is InChI=1S/C15H15BrN2O3/c1-2-20-15(19)13-7-12(17)8-18-14(13)21-9-10-3-5-11(16)6-4-10/h3-8H,2,9,17H2,1H3. The topological polar surface area (TPSA) is 74.4 Å². The maximum absolute atomic E-state index is 11.9. The predicted molar refractivity (Wildman–Crippen MR) is 83.1 cm³/mol. The van der Waals surface area contributed by atoms with E-state index in [0.29, 0.717) is 12.3 Å². The highest BCUT2D eigenvalue weighted by molar-refractivity contribution is 9.10. The van der Waals surface area contributed by atoms with Gasteiger partial charge in [0.2, 0.25) is 5.88 Å². The molecule has 0 fully saturated rings. The second-order valence-electron chi connectivity index (χ2n) is 4.26. The molecule has 0 radical (unpaired) electrons. The molecule has 0 saturated carbocycles. The second-order valence-corrected chi connectivity index (χ2v) is 5.17. The number of nitrogens with two attached hydrogens (primary N) is 1. The van der Waals surface area contributed by atoms with Gasteiger partial charge in [-0.15, -0.1) is 0 Å². The molecule has 6 heteroatoms. The van der Waals surface area contributed by atoms with Gasteiger partial charge in [0.15, 0.2) is 0 Å². The van der Waals surface area contributed by atoms with Crippen molar-refractivity contribution in [2.24, 2.45) is 0 Å². The monoisotopic (exact) mass is 350 g/mol. The summed E-state index contributed by atoms with van der Waals surface area (Å²) >= 11 is 3.37. The summed E-state index contributed by atoms with van der Waals surface area (Å²) in [5.74, 6) is -0.284. The van der Waals surface area contributed by atoms with E-state index in [2.05, 4.69) is 20.9 Å². The van der Waals surface area contributed by atoms with Gasteiger partial charge in [0.1, 0.15) is 12.2 Å². The van der Waals surface area contributed by atoms with E-state index in [1.54, 1.807) is 6.92 Å². The number of carbonyl (C=O) groups is 1. The first-order chi connectivity index (χ1) is 10.1. The van der Waals surface area contributed by atoms with Crippen LogP contribution >= 0.6 is 15.9 Å². The van der Waals surface area contributed by atoms with Gasteiger partial charge in [-0.2, -0.15) is 0 Å². The third kappa shape index (κ3) is 4.19. The maximum atomic E-state index is 11.9. The smallest absolute Gasteiger partial charge is 0.343 e. The molecule has 0 bridgehead atoms. The number of nitrogen functional groups attached to an aromatic ring is 1. The van der Waals surface area contributed by atoms with Gasteiger partial charge in [-0.1, -0.05) is 28.1 Å². The van der Waals surface area contributed by atoms with E-state index in [0.717, 1.165) is 10.0 Å². The van der Waals surface area contributed by atoms with E-state index in [-0.39, 0.29) is 18.1 Å². The average molecular weight is 351 g/mol. The van der Waals surface area contributed by atoms with Crippen LogP contribution in [0, 0.1) is 0 Å². The van der Waals surface area contributed by atoms with Gasteiger partial charge < -0.3 is 15.2 Å². The Kier molecular flexibility index (Phi) is 5.16. The fraction of sp³-hybridized carbons (Fsp3) is 0.200. The molecule has 5 nitrogen and oxygen atoms in total. The third-order valence-corrected chi connectivity index (χ3v) is 3.19. The second kappa shape index (κ2) is 7.08. The van der Waals surface area contributed by atoms with Crippen LogP contribution in [0.2, 0.25) is 0 Å². The summed E-state index contributed by atoms with van der Waals surface area (Å²) in [6, 6.07) is 9.18. The van der Waals surface area contributed by atoms with Crippen molar-refractivity contribution in [1.29, 1.82) is 0 Å². The number of benzene rings is 1. The Labute approximate surface area is 131 Å². The number of pyridine rings is 1. The van der Waals surface area contributed by atoms with Gasteiger partial charge >= 0.3 is 5.97 Å². The molecule has 0 spiro atoms. The van der Waals surface area contributed by atoms with Crippen LogP contribution in [0.3, 0.4) is 0 Å². The summed E-state index contributed by atoms with van der Waals surface area (Å²) in [6.07, 6.45) is 1.44. The Morgan fingerprint density at radius 3 is 2.71 bits per heavy atom. The van der Waals surface area contributed by atoms with Crippen molar-refractivity contribution in [3.63, 3.8) is 0 Å². The minimum atomic E-state index is -0.497. The van der Waals surface area contributed by atoms with Crippen LogP contribution in [0.4, 0.5) is 5.69 Å². The lowest BCUT2D eigenvalue weighted by Crippen LogP contribution is -2.10. The highest BCUT2D eigenvalue weighted by atomic mass is 79.9. The predicted octanol–water partition coefficient (Wildman–Crippen LogP) is 3.18. The average Bonchev–Trinajstić information content (AvgIpc) is 2.48. The van der Waals surface area contributed by atoms with Gasteiger partial charge in [0, 0.05) is 4.47 Å². The van der Waals surface area contributed by atoms with Crippen LogP contribution in [-0.2, 0) is 11.3 Å². The molecule has 110 valence electrons. The maximum Gasteiger partial charge on any atom is 0.343 e. The Balaban J connectivity index is 2.15. The van der Waals surface area contributed by atoms with E-state index in [4.69, 9.17) is 15.2 Å². The molecule has 0 amide bonds. The Bertz CT molecular complexity index is 629. The summed E-state index contributed by atoms with van der Waals surface area (Å²) in [5, 5.41) is 0. The first-order valence-electron chi connectivity index (χ1n) is 6.40. The molecule has 2 N–H and O–H groups in total. The van der Waals surface area contributed by atoms with Gasteiger partial charge in [0.25, 0.3) is 0 Å². The van der Waals surface area contributed by atoms with E-state index in [9.17, 15) is 4.79 Å². The van der Waals surface area contributed by atoms with Crippen molar-refractivity contribution in [3.8, 4) is 5.88 Å². The number of aromatic nitrogens is 1. The third-order valence-electron chi connectivity index (χ3n) is 2.66. The molecule has 2 rings (SSSR count). The van der Waals surface area contributed by atoms with Gasteiger partial charge in [-0.05, 0) is 30.7 Å². The van der Waals surface area contributed by atoms with Crippen LogP contribution < -0.4 is 10.5 Å². The fourth-order valence-corrected chi connectivity index (χ4v) is 1.94. The number of halogens is 1. The number of rotatable bonds is 5. The largest absolute Gasteiger partial charge is 0.472 e. The Morgan fingerprint density at radius 2 is 2.05 bits per heavy atom. The Hall–Kier alpha value is -2.08. The number of hydrogen-bond acceptors (Lipinski definition) is 5. The molecule has 21 heavy (non-hydrogen) atoms. The molecule has 1 aromatic carbocycles. The van der Waals surface area contributed by atoms with Crippen molar-refractivity contribution in [3.05, 3.63) is 52.1 Å².